The van der Waals surface area contributed by atoms with Gasteiger partial charge in [-0.2, -0.15) is 0 Å². The topological polar surface area (TPSA) is 59.4 Å². The van der Waals surface area contributed by atoms with Gasteiger partial charge in [-0.3, -0.25) is 4.79 Å². The number of hydrogen-bond acceptors (Lipinski definition) is 3. The molecule has 5 nitrogen and oxygen atoms in total. The molecule has 0 saturated heterocycles. The second-order valence-electron chi connectivity index (χ2n) is 7.95. The minimum atomic E-state index is -3.70. The van der Waals surface area contributed by atoms with Crippen LogP contribution < -0.4 is 4.90 Å². The molecular formula is C25H21FN2O3S. The fourth-order valence-electron chi connectivity index (χ4n) is 4.30. The van der Waals surface area contributed by atoms with Crippen LogP contribution in [0.4, 0.5) is 10.1 Å². The van der Waals surface area contributed by atoms with Crippen molar-refractivity contribution in [1.29, 1.82) is 0 Å². The standard InChI is InChI=1S/C25H21FN2O3S/c26-20-11-9-18(10-12-20)17-32(30,31)24-15-27(23-8-4-2-6-21(23)24)16-25(29)28-14-13-19-5-1-3-7-22(19)28/h1-12,15H,13-14,16-17H2. The van der Waals surface area contributed by atoms with Crippen LogP contribution in [0.15, 0.2) is 83.9 Å². The first-order valence-corrected chi connectivity index (χ1v) is 12.0. The van der Waals surface area contributed by atoms with Crippen molar-refractivity contribution in [2.75, 3.05) is 11.4 Å². The van der Waals surface area contributed by atoms with Gasteiger partial charge >= 0.3 is 0 Å². The van der Waals surface area contributed by atoms with Crippen LogP contribution in [0.5, 0.6) is 0 Å². The summed E-state index contributed by atoms with van der Waals surface area (Å²) in [7, 11) is -3.70. The highest BCUT2D eigenvalue weighted by Gasteiger charge is 2.26. The zero-order valence-corrected chi connectivity index (χ0v) is 18.1. The van der Waals surface area contributed by atoms with Gasteiger partial charge in [-0.05, 0) is 41.8 Å². The van der Waals surface area contributed by atoms with Gasteiger partial charge in [0.1, 0.15) is 12.4 Å². The van der Waals surface area contributed by atoms with Crippen LogP contribution in [0.25, 0.3) is 10.9 Å². The molecule has 0 fully saturated rings. The molecule has 1 aliphatic heterocycles. The van der Waals surface area contributed by atoms with Gasteiger partial charge in [0.25, 0.3) is 0 Å². The van der Waals surface area contributed by atoms with Gasteiger partial charge in [-0.1, -0.05) is 48.5 Å². The molecule has 4 aromatic rings. The Balaban J connectivity index is 1.48. The Bertz CT molecular complexity index is 1430. The van der Waals surface area contributed by atoms with Crippen molar-refractivity contribution in [3.05, 3.63) is 95.9 Å². The van der Waals surface area contributed by atoms with E-state index >= 15 is 0 Å². The number of amides is 1. The van der Waals surface area contributed by atoms with E-state index in [0.717, 1.165) is 17.7 Å². The molecule has 7 heteroatoms. The van der Waals surface area contributed by atoms with E-state index in [4.69, 9.17) is 0 Å². The number of fused-ring (bicyclic) bond motifs is 2. The van der Waals surface area contributed by atoms with E-state index in [-0.39, 0.29) is 23.1 Å². The first kappa shape index (κ1) is 20.5. The van der Waals surface area contributed by atoms with Crippen molar-refractivity contribution in [3.8, 4) is 0 Å². The lowest BCUT2D eigenvalue weighted by atomic mass is 10.2. The molecule has 0 spiro atoms. The van der Waals surface area contributed by atoms with Gasteiger partial charge in [-0.25, -0.2) is 12.8 Å². The zero-order valence-electron chi connectivity index (χ0n) is 17.2. The van der Waals surface area contributed by atoms with Crippen LogP contribution in [-0.2, 0) is 33.4 Å². The number of nitrogens with zero attached hydrogens (tertiary/aromatic N) is 2. The lowest BCUT2D eigenvalue weighted by Crippen LogP contribution is -2.32. The summed E-state index contributed by atoms with van der Waals surface area (Å²) in [6, 6.07) is 20.5. The van der Waals surface area contributed by atoms with Crippen LogP contribution in [-0.4, -0.2) is 25.4 Å². The average Bonchev–Trinajstić information content (AvgIpc) is 3.38. The Hall–Kier alpha value is -3.45. The summed E-state index contributed by atoms with van der Waals surface area (Å²) in [5.41, 5.74) is 3.25. The Kier molecular flexibility index (Phi) is 5.06. The van der Waals surface area contributed by atoms with E-state index in [1.807, 2.05) is 36.4 Å². The van der Waals surface area contributed by atoms with Gasteiger partial charge in [-0.15, -0.1) is 0 Å². The third kappa shape index (κ3) is 3.69. The number of benzene rings is 3. The average molecular weight is 449 g/mol. The van der Waals surface area contributed by atoms with Crippen molar-refractivity contribution in [2.24, 2.45) is 0 Å². The van der Waals surface area contributed by atoms with E-state index in [0.29, 0.717) is 23.0 Å². The predicted octanol–water partition coefficient (Wildman–Crippen LogP) is 4.34. The number of carbonyl (C=O) groups is 1. The number of rotatable bonds is 5. The highest BCUT2D eigenvalue weighted by molar-refractivity contribution is 7.90. The van der Waals surface area contributed by atoms with Crippen LogP contribution >= 0.6 is 0 Å². The minimum Gasteiger partial charge on any atom is -0.337 e. The van der Waals surface area contributed by atoms with Crippen LogP contribution in [0.1, 0.15) is 11.1 Å². The van der Waals surface area contributed by atoms with Crippen molar-refractivity contribution >= 4 is 32.3 Å². The Labute approximate surface area is 185 Å². The molecule has 0 aliphatic carbocycles. The first-order valence-electron chi connectivity index (χ1n) is 10.4. The van der Waals surface area contributed by atoms with Crippen molar-refractivity contribution in [3.63, 3.8) is 0 Å². The zero-order chi connectivity index (χ0) is 22.3. The van der Waals surface area contributed by atoms with Crippen LogP contribution in [0.2, 0.25) is 0 Å². The maximum atomic E-state index is 13.2. The smallest absolute Gasteiger partial charge is 0.246 e. The fourth-order valence-corrected chi connectivity index (χ4v) is 5.88. The number of sulfone groups is 1. The van der Waals surface area contributed by atoms with Gasteiger partial charge in [0.15, 0.2) is 9.84 Å². The summed E-state index contributed by atoms with van der Waals surface area (Å²) < 4.78 is 41.3. The van der Waals surface area contributed by atoms with Gasteiger partial charge in [0.05, 0.1) is 10.6 Å². The molecule has 0 N–H and O–H groups in total. The highest BCUT2D eigenvalue weighted by atomic mass is 32.2. The highest BCUT2D eigenvalue weighted by Crippen LogP contribution is 2.30. The fraction of sp³-hybridized carbons (Fsp3) is 0.160. The molecule has 1 amide bonds. The second kappa shape index (κ2) is 7.91. The minimum absolute atomic E-state index is 0.0426. The Morgan fingerprint density at radius 3 is 2.47 bits per heavy atom. The quantitative estimate of drug-likeness (QED) is 0.456. The SMILES string of the molecule is O=C(Cn1cc(S(=O)(=O)Cc2ccc(F)cc2)c2ccccc21)N1CCc2ccccc21. The predicted molar refractivity (Wildman–Crippen MR) is 122 cm³/mol. The second-order valence-corrected chi connectivity index (χ2v) is 9.91. The van der Waals surface area contributed by atoms with Gasteiger partial charge in [0, 0.05) is 29.3 Å². The monoisotopic (exact) mass is 448 g/mol. The third-order valence-electron chi connectivity index (χ3n) is 5.85. The number of carbonyl (C=O) groups excluding carboxylic acids is 1. The summed E-state index contributed by atoms with van der Waals surface area (Å²) in [4.78, 5) is 15.1. The van der Waals surface area contributed by atoms with Crippen LogP contribution in [0, 0.1) is 5.82 Å². The summed E-state index contributed by atoms with van der Waals surface area (Å²) in [5, 5.41) is 0.573. The van der Waals surface area contributed by atoms with E-state index in [2.05, 4.69) is 0 Å². The molecule has 0 bridgehead atoms. The summed E-state index contributed by atoms with van der Waals surface area (Å²) in [6.07, 6.45) is 2.36. The molecule has 3 aromatic carbocycles. The van der Waals surface area contributed by atoms with E-state index in [9.17, 15) is 17.6 Å². The molecule has 0 saturated carbocycles. The summed E-state index contributed by atoms with van der Waals surface area (Å²) >= 11 is 0. The van der Waals surface area contributed by atoms with Crippen molar-refractivity contribution < 1.29 is 17.6 Å². The molecule has 1 aromatic heterocycles. The van der Waals surface area contributed by atoms with Crippen molar-refractivity contribution in [2.45, 2.75) is 23.6 Å². The summed E-state index contributed by atoms with van der Waals surface area (Å²) in [5.74, 6) is -0.739. The first-order chi connectivity index (χ1) is 15.4. The lowest BCUT2D eigenvalue weighted by Gasteiger charge is -2.18. The van der Waals surface area contributed by atoms with E-state index in [1.165, 1.54) is 24.3 Å². The number of para-hydroxylation sites is 2. The molecular weight excluding hydrogens is 427 g/mol. The largest absolute Gasteiger partial charge is 0.337 e. The molecule has 0 atom stereocenters. The number of anilines is 1. The van der Waals surface area contributed by atoms with E-state index < -0.39 is 15.7 Å². The Morgan fingerprint density at radius 2 is 1.66 bits per heavy atom. The van der Waals surface area contributed by atoms with Gasteiger partial charge < -0.3 is 9.47 Å². The number of aromatic nitrogens is 1. The third-order valence-corrected chi connectivity index (χ3v) is 7.56. The maximum Gasteiger partial charge on any atom is 0.246 e. The Morgan fingerprint density at radius 1 is 0.938 bits per heavy atom. The maximum absolute atomic E-state index is 13.2. The number of hydrogen-bond donors (Lipinski definition) is 0. The molecule has 32 heavy (non-hydrogen) atoms. The molecule has 0 radical (unpaired) electrons. The van der Waals surface area contributed by atoms with Gasteiger partial charge in [0.2, 0.25) is 5.91 Å². The number of halogens is 1. The molecule has 2 heterocycles. The summed E-state index contributed by atoms with van der Waals surface area (Å²) in [6.45, 7) is 0.661. The van der Waals surface area contributed by atoms with Crippen molar-refractivity contribution in [1.82, 2.24) is 4.57 Å². The molecule has 5 rings (SSSR count). The normalized spacial score (nSPS) is 13.5. The van der Waals surface area contributed by atoms with Crippen LogP contribution in [0.3, 0.4) is 0 Å². The lowest BCUT2D eigenvalue weighted by molar-refractivity contribution is -0.119. The molecule has 1 aliphatic rings. The molecule has 0 unspecified atom stereocenters. The van der Waals surface area contributed by atoms with E-state index in [1.54, 1.807) is 27.8 Å². The molecule has 162 valence electrons.